The zero-order valence-corrected chi connectivity index (χ0v) is 9.81. The molecule has 0 radical (unpaired) electrons. The van der Waals surface area contributed by atoms with Gasteiger partial charge in [0.2, 0.25) is 0 Å². The topological polar surface area (TPSA) is 0 Å². The Labute approximate surface area is 91.6 Å². The molecule has 0 aliphatic carbocycles. The third-order valence-electron chi connectivity index (χ3n) is 3.09. The van der Waals surface area contributed by atoms with Crippen molar-refractivity contribution in [3.8, 4) is 0 Å². The zero-order chi connectivity index (χ0) is 10.8. The minimum atomic E-state index is 0.0323. The summed E-state index contributed by atoms with van der Waals surface area (Å²) in [5.41, 5.74) is 1.30. The van der Waals surface area contributed by atoms with E-state index >= 15 is 0 Å². The Balaban J connectivity index is 3.13. The summed E-state index contributed by atoms with van der Waals surface area (Å²) in [5, 5.41) is 0.781. The van der Waals surface area contributed by atoms with Crippen LogP contribution in [0, 0.1) is 5.92 Å². The first-order chi connectivity index (χ1) is 6.50. The predicted octanol–water partition coefficient (Wildman–Crippen LogP) is 4.44. The second-order valence-corrected chi connectivity index (χ2v) is 4.58. The molecule has 14 heavy (non-hydrogen) atoms. The Bertz CT molecular complexity index is 311. The molecule has 0 nitrogen and oxygen atoms in total. The molecule has 76 valence electrons. The Morgan fingerprint density at radius 1 is 1.29 bits per heavy atom. The van der Waals surface area contributed by atoms with Gasteiger partial charge in [0, 0.05) is 10.4 Å². The number of hydrogen-bond acceptors (Lipinski definition) is 0. The van der Waals surface area contributed by atoms with Gasteiger partial charge in [-0.2, -0.15) is 0 Å². The van der Waals surface area contributed by atoms with E-state index in [-0.39, 0.29) is 5.41 Å². The van der Waals surface area contributed by atoms with Gasteiger partial charge in [0.1, 0.15) is 0 Å². The molecular weight excluding hydrogens is 192 g/mol. The molecule has 0 aliphatic heterocycles. The maximum absolute atomic E-state index is 5.86. The highest BCUT2D eigenvalue weighted by Gasteiger charge is 2.26. The average molecular weight is 209 g/mol. The summed E-state index contributed by atoms with van der Waals surface area (Å²) >= 11 is 5.86. The Kier molecular flexibility index (Phi) is 3.38. The molecule has 0 saturated heterocycles. The van der Waals surface area contributed by atoms with Crippen LogP contribution >= 0.6 is 11.6 Å². The molecule has 0 aromatic heterocycles. The number of rotatable bonds is 3. The Morgan fingerprint density at radius 3 is 2.14 bits per heavy atom. The van der Waals surface area contributed by atoms with E-state index in [2.05, 4.69) is 39.5 Å². The van der Waals surface area contributed by atoms with Crippen LogP contribution in [-0.4, -0.2) is 0 Å². The molecule has 1 atom stereocenters. The van der Waals surface area contributed by atoms with E-state index in [1.54, 1.807) is 0 Å². The normalized spacial score (nSPS) is 15.2. The van der Waals surface area contributed by atoms with Crippen molar-refractivity contribution in [2.75, 3.05) is 0 Å². The second kappa shape index (κ2) is 4.18. The first-order valence-electron chi connectivity index (χ1n) is 4.90. The lowest BCUT2D eigenvalue weighted by molar-refractivity contribution is 0.421. The monoisotopic (exact) mass is 208 g/mol. The van der Waals surface area contributed by atoms with Crippen LogP contribution in [0.1, 0.15) is 26.3 Å². The van der Waals surface area contributed by atoms with Crippen molar-refractivity contribution >= 4 is 11.6 Å². The smallest absolute Gasteiger partial charge is 0.0406 e. The minimum absolute atomic E-state index is 0.0323. The van der Waals surface area contributed by atoms with Gasteiger partial charge in [-0.05, 0) is 23.6 Å². The lowest BCUT2D eigenvalue weighted by Crippen LogP contribution is -2.25. The summed E-state index contributed by atoms with van der Waals surface area (Å²) < 4.78 is 0. The fourth-order valence-electron chi connectivity index (χ4n) is 1.50. The van der Waals surface area contributed by atoms with Gasteiger partial charge >= 0.3 is 0 Å². The maximum atomic E-state index is 5.86. The number of halogens is 1. The molecular formula is C13H17Cl. The highest BCUT2D eigenvalue weighted by Crippen LogP contribution is 2.33. The molecule has 1 aromatic rings. The summed E-state index contributed by atoms with van der Waals surface area (Å²) in [5.74, 6) is 0.529. The van der Waals surface area contributed by atoms with Gasteiger partial charge < -0.3 is 0 Å². The van der Waals surface area contributed by atoms with Crippen molar-refractivity contribution < 1.29 is 0 Å². The van der Waals surface area contributed by atoms with E-state index in [9.17, 15) is 0 Å². The summed E-state index contributed by atoms with van der Waals surface area (Å²) in [7, 11) is 0. The van der Waals surface area contributed by atoms with Gasteiger partial charge in [0.05, 0.1) is 0 Å². The van der Waals surface area contributed by atoms with E-state index in [0.717, 1.165) is 5.02 Å². The van der Waals surface area contributed by atoms with Crippen molar-refractivity contribution in [3.63, 3.8) is 0 Å². The van der Waals surface area contributed by atoms with E-state index in [1.807, 2.05) is 18.2 Å². The number of allylic oxidation sites excluding steroid dienone is 1. The molecule has 0 aliphatic rings. The predicted molar refractivity (Wildman–Crippen MR) is 63.8 cm³/mol. The van der Waals surface area contributed by atoms with Gasteiger partial charge in [-0.25, -0.2) is 0 Å². The molecule has 1 aromatic carbocycles. The summed E-state index contributed by atoms with van der Waals surface area (Å²) in [4.78, 5) is 0. The summed E-state index contributed by atoms with van der Waals surface area (Å²) in [6, 6.07) is 8.01. The molecule has 0 bridgehead atoms. The minimum Gasteiger partial charge on any atom is -0.102 e. The van der Waals surface area contributed by atoms with Crippen LogP contribution in [0.2, 0.25) is 5.02 Å². The van der Waals surface area contributed by atoms with Crippen molar-refractivity contribution in [2.24, 2.45) is 5.92 Å². The van der Waals surface area contributed by atoms with E-state index in [4.69, 9.17) is 11.6 Å². The van der Waals surface area contributed by atoms with Gasteiger partial charge in [0.25, 0.3) is 0 Å². The van der Waals surface area contributed by atoms with E-state index in [1.165, 1.54) is 5.56 Å². The Morgan fingerprint density at radius 2 is 1.79 bits per heavy atom. The van der Waals surface area contributed by atoms with Crippen LogP contribution in [0.25, 0.3) is 0 Å². The molecule has 0 fully saturated rings. The van der Waals surface area contributed by atoms with Crippen LogP contribution in [0.5, 0.6) is 0 Å². The molecule has 0 saturated carbocycles. The van der Waals surface area contributed by atoms with Gasteiger partial charge in [-0.1, -0.05) is 50.6 Å². The molecule has 0 amide bonds. The fourth-order valence-corrected chi connectivity index (χ4v) is 1.62. The molecule has 0 spiro atoms. The molecule has 1 heteroatoms. The van der Waals surface area contributed by atoms with Crippen LogP contribution in [0.15, 0.2) is 36.9 Å². The highest BCUT2D eigenvalue weighted by molar-refractivity contribution is 6.30. The lowest BCUT2D eigenvalue weighted by atomic mass is 9.74. The van der Waals surface area contributed by atoms with Crippen molar-refractivity contribution in [2.45, 2.75) is 26.2 Å². The Hall–Kier alpha value is -0.750. The van der Waals surface area contributed by atoms with Crippen LogP contribution in [0.3, 0.4) is 0 Å². The fraction of sp³-hybridized carbons (Fsp3) is 0.385. The lowest BCUT2D eigenvalue weighted by Gasteiger charge is -2.30. The summed E-state index contributed by atoms with van der Waals surface area (Å²) in [6.45, 7) is 10.5. The largest absolute Gasteiger partial charge is 0.102 e. The molecule has 0 N–H and O–H groups in total. The SMILES string of the molecule is C=C[C@@](C)(c1ccc(Cl)cc1)C(C)C. The van der Waals surface area contributed by atoms with Crippen LogP contribution < -0.4 is 0 Å². The van der Waals surface area contributed by atoms with E-state index < -0.39 is 0 Å². The quantitative estimate of drug-likeness (QED) is 0.645. The van der Waals surface area contributed by atoms with Crippen molar-refractivity contribution in [1.82, 2.24) is 0 Å². The first-order valence-corrected chi connectivity index (χ1v) is 5.28. The van der Waals surface area contributed by atoms with Crippen molar-refractivity contribution in [1.29, 1.82) is 0 Å². The zero-order valence-electron chi connectivity index (χ0n) is 9.05. The highest BCUT2D eigenvalue weighted by atomic mass is 35.5. The average Bonchev–Trinajstić information content (AvgIpc) is 2.17. The second-order valence-electron chi connectivity index (χ2n) is 4.15. The van der Waals surface area contributed by atoms with Crippen molar-refractivity contribution in [3.05, 3.63) is 47.5 Å². The molecule has 0 unspecified atom stereocenters. The van der Waals surface area contributed by atoms with Gasteiger partial charge in [0.15, 0.2) is 0 Å². The maximum Gasteiger partial charge on any atom is 0.0406 e. The molecule has 0 heterocycles. The third kappa shape index (κ3) is 2.01. The van der Waals surface area contributed by atoms with E-state index in [0.29, 0.717) is 5.92 Å². The number of hydrogen-bond donors (Lipinski definition) is 0. The molecule has 1 rings (SSSR count). The van der Waals surface area contributed by atoms with Crippen LogP contribution in [-0.2, 0) is 5.41 Å². The van der Waals surface area contributed by atoms with Gasteiger partial charge in [-0.3, -0.25) is 0 Å². The number of benzene rings is 1. The first kappa shape index (κ1) is 11.3. The third-order valence-corrected chi connectivity index (χ3v) is 3.34. The van der Waals surface area contributed by atoms with Gasteiger partial charge in [-0.15, -0.1) is 6.58 Å². The standard InChI is InChI=1S/C13H17Cl/c1-5-13(4,10(2)3)11-6-8-12(14)9-7-11/h5-10H,1H2,2-4H3/t13-/m1/s1. The summed E-state index contributed by atoms with van der Waals surface area (Å²) in [6.07, 6.45) is 2.01. The van der Waals surface area contributed by atoms with Crippen LogP contribution in [0.4, 0.5) is 0 Å².